The zero-order valence-electron chi connectivity index (χ0n) is 7.22. The molecule has 0 heterocycles. The molecule has 0 amide bonds. The van der Waals surface area contributed by atoms with Crippen molar-refractivity contribution in [3.05, 3.63) is 35.5 Å². The quantitative estimate of drug-likeness (QED) is 0.461. The summed E-state index contributed by atoms with van der Waals surface area (Å²) in [5, 5.41) is 0. The van der Waals surface area contributed by atoms with Crippen LogP contribution in [-0.2, 0) is 0 Å². The van der Waals surface area contributed by atoms with E-state index in [2.05, 4.69) is 32.6 Å². The maximum absolute atomic E-state index is 4.13. The van der Waals surface area contributed by atoms with Crippen LogP contribution in [0.2, 0.25) is 0 Å². The summed E-state index contributed by atoms with van der Waals surface area (Å²) in [5.74, 6) is 1.38. The van der Waals surface area contributed by atoms with Gasteiger partial charge in [0.05, 0.1) is 0 Å². The molecule has 0 aliphatic heterocycles. The van der Waals surface area contributed by atoms with E-state index >= 15 is 0 Å². The van der Waals surface area contributed by atoms with E-state index in [1.54, 1.807) is 0 Å². The van der Waals surface area contributed by atoms with E-state index in [-0.39, 0.29) is 0 Å². The molecule has 2 aliphatic carbocycles. The van der Waals surface area contributed by atoms with E-state index in [4.69, 9.17) is 0 Å². The minimum absolute atomic E-state index is 0.671. The first-order valence-corrected chi connectivity index (χ1v) is 4.25. The number of fused-ring (bicyclic) bond motifs is 2. The minimum atomic E-state index is 0.671. The Bertz CT molecular complexity index is 262. The Morgan fingerprint density at radius 1 is 1.36 bits per heavy atom. The summed E-state index contributed by atoms with van der Waals surface area (Å²) in [6.45, 7) is 8.51. The van der Waals surface area contributed by atoms with Crippen LogP contribution in [0, 0.1) is 11.8 Å². The van der Waals surface area contributed by atoms with Crippen LogP contribution in [0.1, 0.15) is 20.3 Å². The Kier molecular flexibility index (Phi) is 1.32. The Hall–Kier alpha value is -0.780. The van der Waals surface area contributed by atoms with Crippen molar-refractivity contribution < 1.29 is 0 Å². The number of hydrogen-bond acceptors (Lipinski definition) is 0. The molecule has 58 valence electrons. The highest BCUT2D eigenvalue weighted by Gasteiger charge is 2.34. The van der Waals surface area contributed by atoms with Crippen LogP contribution in [-0.4, -0.2) is 0 Å². The molecule has 0 N–H and O–H groups in total. The Balaban J connectivity index is 2.48. The van der Waals surface area contributed by atoms with Gasteiger partial charge in [0.2, 0.25) is 0 Å². The third kappa shape index (κ3) is 0.819. The van der Waals surface area contributed by atoms with Gasteiger partial charge in [-0.1, -0.05) is 24.3 Å². The fourth-order valence-electron chi connectivity index (χ4n) is 2.30. The Labute approximate surface area is 68.3 Å². The van der Waals surface area contributed by atoms with Crippen LogP contribution in [0.15, 0.2) is 35.5 Å². The topological polar surface area (TPSA) is 0 Å². The summed E-state index contributed by atoms with van der Waals surface area (Å²) in [5.41, 5.74) is 4.35. The summed E-state index contributed by atoms with van der Waals surface area (Å²) < 4.78 is 0. The first kappa shape index (κ1) is 6.90. The first-order chi connectivity index (χ1) is 5.20. The molecule has 0 heteroatoms. The van der Waals surface area contributed by atoms with E-state index < -0.39 is 0 Å². The lowest BCUT2D eigenvalue weighted by Crippen LogP contribution is -1.97. The average Bonchev–Trinajstić information content (AvgIpc) is 2.44. The van der Waals surface area contributed by atoms with Gasteiger partial charge in [-0.25, -0.2) is 0 Å². The number of rotatable bonds is 0. The van der Waals surface area contributed by atoms with Gasteiger partial charge in [0.1, 0.15) is 0 Å². The molecule has 0 spiro atoms. The average molecular weight is 146 g/mol. The molecule has 2 rings (SSSR count). The molecule has 0 nitrogen and oxygen atoms in total. The highest BCUT2D eigenvalue weighted by atomic mass is 14.4. The molecule has 0 aromatic heterocycles. The summed E-state index contributed by atoms with van der Waals surface area (Å²) in [6.07, 6.45) is 5.93. The van der Waals surface area contributed by atoms with Crippen molar-refractivity contribution in [2.75, 3.05) is 0 Å². The van der Waals surface area contributed by atoms with Crippen LogP contribution >= 0.6 is 0 Å². The lowest BCUT2D eigenvalue weighted by atomic mass is 9.93. The number of allylic oxidation sites excluding steroid dienone is 5. The summed E-state index contributed by atoms with van der Waals surface area (Å²) in [7, 11) is 0. The molecule has 1 saturated carbocycles. The normalized spacial score (nSPS) is 33.6. The van der Waals surface area contributed by atoms with Gasteiger partial charge >= 0.3 is 0 Å². The molecule has 0 aromatic carbocycles. The lowest BCUT2D eigenvalue weighted by molar-refractivity contribution is 0.734. The van der Waals surface area contributed by atoms with E-state index in [0.29, 0.717) is 11.8 Å². The van der Waals surface area contributed by atoms with Crippen LogP contribution < -0.4 is 0 Å². The largest absolute Gasteiger partial charge is 0.0949 e. The van der Waals surface area contributed by atoms with Gasteiger partial charge in [-0.15, -0.1) is 0 Å². The predicted molar refractivity (Wildman–Crippen MR) is 48.3 cm³/mol. The predicted octanol–water partition coefficient (Wildman–Crippen LogP) is 3.08. The fraction of sp³-hybridized carbons (Fsp3) is 0.455. The van der Waals surface area contributed by atoms with E-state index in [1.165, 1.54) is 23.1 Å². The zero-order valence-corrected chi connectivity index (χ0v) is 7.22. The highest BCUT2D eigenvalue weighted by molar-refractivity contribution is 5.48. The molecule has 11 heavy (non-hydrogen) atoms. The van der Waals surface area contributed by atoms with Crippen molar-refractivity contribution in [2.45, 2.75) is 20.3 Å². The molecule has 2 aliphatic rings. The molecular formula is C11H14. The van der Waals surface area contributed by atoms with Gasteiger partial charge in [0.15, 0.2) is 0 Å². The Morgan fingerprint density at radius 3 is 2.36 bits per heavy atom. The smallest absolute Gasteiger partial charge is 0.00290 e. The standard InChI is InChI=1S/C11H14/c1-7(2)11-8(3)9-4-5-10(11)6-9/h4-5,9-10H,3,6H2,1-2H3. The van der Waals surface area contributed by atoms with E-state index in [0.717, 1.165) is 0 Å². The second-order valence-corrected chi connectivity index (χ2v) is 3.77. The molecule has 0 saturated heterocycles. The molecule has 0 aromatic rings. The zero-order chi connectivity index (χ0) is 8.01. The number of hydrogen-bond donors (Lipinski definition) is 0. The van der Waals surface area contributed by atoms with Crippen molar-refractivity contribution in [2.24, 2.45) is 11.8 Å². The molecule has 2 unspecified atom stereocenters. The van der Waals surface area contributed by atoms with Crippen LogP contribution in [0.4, 0.5) is 0 Å². The van der Waals surface area contributed by atoms with Gasteiger partial charge in [0, 0.05) is 11.8 Å². The summed E-state index contributed by atoms with van der Waals surface area (Å²) >= 11 is 0. The molecular weight excluding hydrogens is 132 g/mol. The van der Waals surface area contributed by atoms with Crippen LogP contribution in [0.5, 0.6) is 0 Å². The second-order valence-electron chi connectivity index (χ2n) is 3.77. The maximum atomic E-state index is 4.13. The van der Waals surface area contributed by atoms with Gasteiger partial charge in [0.25, 0.3) is 0 Å². The highest BCUT2D eigenvalue weighted by Crippen LogP contribution is 2.47. The van der Waals surface area contributed by atoms with Gasteiger partial charge in [-0.2, -0.15) is 0 Å². The van der Waals surface area contributed by atoms with Crippen molar-refractivity contribution >= 4 is 0 Å². The minimum Gasteiger partial charge on any atom is -0.0949 e. The van der Waals surface area contributed by atoms with Crippen LogP contribution in [0.3, 0.4) is 0 Å². The summed E-state index contributed by atoms with van der Waals surface area (Å²) in [4.78, 5) is 0. The molecule has 1 fully saturated rings. The van der Waals surface area contributed by atoms with Gasteiger partial charge < -0.3 is 0 Å². The first-order valence-electron chi connectivity index (χ1n) is 4.25. The van der Waals surface area contributed by atoms with Crippen molar-refractivity contribution in [1.82, 2.24) is 0 Å². The monoisotopic (exact) mass is 146 g/mol. The van der Waals surface area contributed by atoms with Gasteiger partial charge in [-0.3, -0.25) is 0 Å². The van der Waals surface area contributed by atoms with Crippen LogP contribution in [0.25, 0.3) is 0 Å². The third-order valence-electron chi connectivity index (χ3n) is 2.79. The molecule has 0 radical (unpaired) electrons. The second kappa shape index (κ2) is 2.10. The third-order valence-corrected chi connectivity index (χ3v) is 2.79. The van der Waals surface area contributed by atoms with Crippen molar-refractivity contribution in [3.8, 4) is 0 Å². The maximum Gasteiger partial charge on any atom is 0.00290 e. The molecule has 2 atom stereocenters. The fourth-order valence-corrected chi connectivity index (χ4v) is 2.30. The SMILES string of the molecule is C=C1C(=C(C)C)C2C=CC1C2. The van der Waals surface area contributed by atoms with Crippen molar-refractivity contribution in [3.63, 3.8) is 0 Å². The summed E-state index contributed by atoms with van der Waals surface area (Å²) in [6, 6.07) is 0. The van der Waals surface area contributed by atoms with Gasteiger partial charge in [-0.05, 0) is 31.4 Å². The van der Waals surface area contributed by atoms with E-state index in [9.17, 15) is 0 Å². The lowest BCUT2D eigenvalue weighted by Gasteiger charge is -2.12. The van der Waals surface area contributed by atoms with E-state index in [1.807, 2.05) is 0 Å². The van der Waals surface area contributed by atoms with Crippen molar-refractivity contribution in [1.29, 1.82) is 0 Å². The molecule has 2 bridgehead atoms. The Morgan fingerprint density at radius 2 is 2.00 bits per heavy atom.